The number of carboxylic acids is 2. The van der Waals surface area contributed by atoms with Crippen molar-refractivity contribution in [3.8, 4) is 0 Å². The van der Waals surface area contributed by atoms with Crippen LogP contribution in [0.5, 0.6) is 0 Å². The highest BCUT2D eigenvalue weighted by atomic mass is 19.1. The van der Waals surface area contributed by atoms with Gasteiger partial charge in [0.25, 0.3) is 0 Å². The normalized spacial score (nSPS) is 19.8. The summed E-state index contributed by atoms with van der Waals surface area (Å²) in [5, 5.41) is 17.4. The molecule has 1 fully saturated rings. The summed E-state index contributed by atoms with van der Waals surface area (Å²) in [6.07, 6.45) is 0.732. The van der Waals surface area contributed by atoms with E-state index in [0.717, 1.165) is 13.1 Å². The standard InChI is InChI=1S/C15H21FN2O2.C2H2O4/c1-11-9-18(10-12(2)20-11)8-7-15(19)17-14-6-4-3-5-13(14)16;3-1(4)2(5)6/h3-6,11-12H,7-10H2,1-2H3,(H,17,19);(H,3,4)(H,5,6). The molecule has 1 aliphatic rings. The average molecular weight is 370 g/mol. The van der Waals surface area contributed by atoms with Gasteiger partial charge in [-0.3, -0.25) is 9.69 Å². The van der Waals surface area contributed by atoms with E-state index in [1.54, 1.807) is 18.2 Å². The third-order valence-corrected chi connectivity index (χ3v) is 3.48. The van der Waals surface area contributed by atoms with Crippen molar-refractivity contribution in [2.24, 2.45) is 0 Å². The number of carbonyl (C=O) groups excluding carboxylic acids is 1. The van der Waals surface area contributed by atoms with Crippen molar-refractivity contribution in [3.05, 3.63) is 30.1 Å². The zero-order valence-electron chi connectivity index (χ0n) is 14.6. The monoisotopic (exact) mass is 370 g/mol. The number of carbonyl (C=O) groups is 3. The van der Waals surface area contributed by atoms with Gasteiger partial charge >= 0.3 is 11.9 Å². The van der Waals surface area contributed by atoms with Gasteiger partial charge in [0.05, 0.1) is 17.9 Å². The number of para-hydroxylation sites is 1. The lowest BCUT2D eigenvalue weighted by Crippen LogP contribution is -2.46. The average Bonchev–Trinajstić information content (AvgIpc) is 2.55. The first-order chi connectivity index (χ1) is 12.2. The van der Waals surface area contributed by atoms with Crippen molar-refractivity contribution in [2.75, 3.05) is 25.0 Å². The molecule has 3 N–H and O–H groups in total. The second-order valence-corrected chi connectivity index (χ2v) is 5.91. The Kier molecular flexibility index (Phi) is 8.66. The number of morpholine rings is 1. The van der Waals surface area contributed by atoms with Crippen molar-refractivity contribution >= 4 is 23.5 Å². The smallest absolute Gasteiger partial charge is 0.414 e. The molecule has 1 aromatic rings. The largest absolute Gasteiger partial charge is 0.473 e. The second kappa shape index (κ2) is 10.5. The summed E-state index contributed by atoms with van der Waals surface area (Å²) >= 11 is 0. The molecule has 1 amide bonds. The lowest BCUT2D eigenvalue weighted by molar-refractivity contribution is -0.159. The molecular weight excluding hydrogens is 347 g/mol. The maximum Gasteiger partial charge on any atom is 0.414 e. The van der Waals surface area contributed by atoms with Crippen LogP contribution < -0.4 is 5.32 Å². The molecule has 0 bridgehead atoms. The molecule has 8 nitrogen and oxygen atoms in total. The van der Waals surface area contributed by atoms with Crippen LogP contribution in [0.1, 0.15) is 20.3 Å². The zero-order valence-corrected chi connectivity index (χ0v) is 14.6. The highest BCUT2D eigenvalue weighted by molar-refractivity contribution is 6.27. The summed E-state index contributed by atoms with van der Waals surface area (Å²) in [5.74, 6) is -4.22. The molecule has 144 valence electrons. The number of halogens is 1. The molecule has 9 heteroatoms. The van der Waals surface area contributed by atoms with E-state index in [4.69, 9.17) is 24.5 Å². The minimum absolute atomic E-state index is 0.165. The maximum atomic E-state index is 13.4. The number of aliphatic carboxylic acids is 2. The molecule has 0 saturated carbocycles. The fraction of sp³-hybridized carbons (Fsp3) is 0.471. The minimum atomic E-state index is -1.82. The number of ether oxygens (including phenoxy) is 1. The summed E-state index contributed by atoms with van der Waals surface area (Å²) in [7, 11) is 0. The van der Waals surface area contributed by atoms with Crippen molar-refractivity contribution in [1.82, 2.24) is 4.90 Å². The third kappa shape index (κ3) is 8.04. The fourth-order valence-corrected chi connectivity index (χ4v) is 2.50. The Morgan fingerprint density at radius 2 is 1.69 bits per heavy atom. The Balaban J connectivity index is 0.000000487. The number of anilines is 1. The van der Waals surface area contributed by atoms with Crippen molar-refractivity contribution < 1.29 is 33.7 Å². The Hall–Kier alpha value is -2.52. The molecule has 1 heterocycles. The van der Waals surface area contributed by atoms with Gasteiger partial charge in [0.1, 0.15) is 5.82 Å². The molecule has 0 aliphatic carbocycles. The lowest BCUT2D eigenvalue weighted by Gasteiger charge is -2.35. The second-order valence-electron chi connectivity index (χ2n) is 5.91. The number of carboxylic acid groups (broad SMARTS) is 2. The van der Waals surface area contributed by atoms with Gasteiger partial charge in [-0.25, -0.2) is 14.0 Å². The molecule has 2 rings (SSSR count). The van der Waals surface area contributed by atoms with E-state index in [-0.39, 0.29) is 23.8 Å². The fourth-order valence-electron chi connectivity index (χ4n) is 2.50. The topological polar surface area (TPSA) is 116 Å². The molecule has 26 heavy (non-hydrogen) atoms. The van der Waals surface area contributed by atoms with Crippen LogP contribution in [-0.4, -0.2) is 64.8 Å². The molecule has 0 aromatic heterocycles. The molecule has 2 atom stereocenters. The van der Waals surface area contributed by atoms with Gasteiger partial charge in [-0.15, -0.1) is 0 Å². The van der Waals surface area contributed by atoms with E-state index < -0.39 is 17.8 Å². The van der Waals surface area contributed by atoms with E-state index >= 15 is 0 Å². The highest BCUT2D eigenvalue weighted by Gasteiger charge is 2.22. The van der Waals surface area contributed by atoms with Crippen LogP contribution in [0.25, 0.3) is 0 Å². The van der Waals surface area contributed by atoms with Gasteiger partial charge < -0.3 is 20.3 Å². The molecule has 0 spiro atoms. The van der Waals surface area contributed by atoms with Crippen LogP contribution in [0, 0.1) is 5.82 Å². The number of rotatable bonds is 4. The summed E-state index contributed by atoms with van der Waals surface area (Å²) in [6, 6.07) is 6.19. The van der Waals surface area contributed by atoms with Crippen LogP contribution in [0.3, 0.4) is 0 Å². The summed E-state index contributed by atoms with van der Waals surface area (Å²) in [4.78, 5) is 32.2. The number of hydrogen-bond acceptors (Lipinski definition) is 5. The first-order valence-electron chi connectivity index (χ1n) is 8.07. The molecule has 0 radical (unpaired) electrons. The van der Waals surface area contributed by atoms with Gasteiger partial charge in [0.2, 0.25) is 5.91 Å². The Morgan fingerprint density at radius 1 is 1.15 bits per heavy atom. The quantitative estimate of drug-likeness (QED) is 0.686. The number of amides is 1. The predicted molar refractivity (Wildman–Crippen MR) is 91.4 cm³/mol. The Labute approximate surface area is 150 Å². The van der Waals surface area contributed by atoms with E-state index in [9.17, 15) is 9.18 Å². The van der Waals surface area contributed by atoms with E-state index in [0.29, 0.717) is 13.0 Å². The number of nitrogens with one attached hydrogen (secondary N) is 1. The molecule has 1 aromatic carbocycles. The SMILES string of the molecule is CC1CN(CCC(=O)Nc2ccccc2F)CC(C)O1.O=C(O)C(=O)O. The van der Waals surface area contributed by atoms with Gasteiger partial charge in [0, 0.05) is 26.1 Å². The first-order valence-corrected chi connectivity index (χ1v) is 8.07. The van der Waals surface area contributed by atoms with E-state index in [1.165, 1.54) is 6.07 Å². The first kappa shape index (κ1) is 21.5. The Bertz CT molecular complexity index is 617. The Morgan fingerprint density at radius 3 is 2.19 bits per heavy atom. The van der Waals surface area contributed by atoms with Crippen LogP contribution in [0.4, 0.5) is 10.1 Å². The zero-order chi connectivity index (χ0) is 19.7. The van der Waals surface area contributed by atoms with Gasteiger partial charge in [0.15, 0.2) is 0 Å². The predicted octanol–water partition coefficient (Wildman–Crippen LogP) is 1.42. The van der Waals surface area contributed by atoms with Crippen molar-refractivity contribution in [3.63, 3.8) is 0 Å². The summed E-state index contributed by atoms with van der Waals surface area (Å²) < 4.78 is 19.0. The molecular formula is C17H23FN2O6. The van der Waals surface area contributed by atoms with Gasteiger partial charge in [-0.1, -0.05) is 12.1 Å². The van der Waals surface area contributed by atoms with E-state index in [1.807, 2.05) is 13.8 Å². The summed E-state index contributed by atoms with van der Waals surface area (Å²) in [5.41, 5.74) is 0.237. The number of hydrogen-bond donors (Lipinski definition) is 3. The van der Waals surface area contributed by atoms with Crippen molar-refractivity contribution in [2.45, 2.75) is 32.5 Å². The molecule has 1 saturated heterocycles. The van der Waals surface area contributed by atoms with Crippen molar-refractivity contribution in [1.29, 1.82) is 0 Å². The van der Waals surface area contributed by atoms with Gasteiger partial charge in [-0.05, 0) is 26.0 Å². The van der Waals surface area contributed by atoms with Crippen LogP contribution in [0.2, 0.25) is 0 Å². The minimum Gasteiger partial charge on any atom is -0.473 e. The number of benzene rings is 1. The van der Waals surface area contributed by atoms with E-state index in [2.05, 4.69) is 10.2 Å². The lowest BCUT2D eigenvalue weighted by atomic mass is 10.2. The third-order valence-electron chi connectivity index (χ3n) is 3.48. The summed E-state index contributed by atoms with van der Waals surface area (Å²) in [6.45, 7) is 6.39. The molecule has 2 unspecified atom stereocenters. The van der Waals surface area contributed by atoms with Crippen LogP contribution >= 0.6 is 0 Å². The van der Waals surface area contributed by atoms with Crippen LogP contribution in [-0.2, 0) is 19.1 Å². The number of nitrogens with zero attached hydrogens (tertiary/aromatic N) is 1. The highest BCUT2D eigenvalue weighted by Crippen LogP contribution is 2.14. The maximum absolute atomic E-state index is 13.4. The van der Waals surface area contributed by atoms with Gasteiger partial charge in [-0.2, -0.15) is 0 Å². The molecule has 1 aliphatic heterocycles. The van der Waals surface area contributed by atoms with Crippen LogP contribution in [0.15, 0.2) is 24.3 Å².